The van der Waals surface area contributed by atoms with E-state index in [4.69, 9.17) is 11.5 Å². The molecule has 1 aliphatic heterocycles. The Kier molecular flexibility index (Phi) is 4.71. The van der Waals surface area contributed by atoms with Crippen molar-refractivity contribution in [1.82, 2.24) is 4.90 Å². The molecule has 4 N–H and O–H groups in total. The topological polar surface area (TPSA) is 89.4 Å². The van der Waals surface area contributed by atoms with Gasteiger partial charge in [-0.25, -0.2) is 0 Å². The number of hydrogen-bond donors (Lipinski definition) is 2. The summed E-state index contributed by atoms with van der Waals surface area (Å²) in [7, 11) is 0. The quantitative estimate of drug-likeness (QED) is 0.822. The number of nitrogens with zero attached hydrogens (tertiary/aromatic N) is 1. The molecule has 3 unspecified atom stereocenters. The summed E-state index contributed by atoms with van der Waals surface area (Å²) in [5, 5.41) is 0. The molecule has 0 spiro atoms. The Hall–Kier alpha value is -1.10. The van der Waals surface area contributed by atoms with Gasteiger partial charge in [-0.1, -0.05) is 6.42 Å². The highest BCUT2D eigenvalue weighted by atomic mass is 16.2. The lowest BCUT2D eigenvalue weighted by Gasteiger charge is -2.45. The van der Waals surface area contributed by atoms with Crippen LogP contribution < -0.4 is 11.5 Å². The van der Waals surface area contributed by atoms with Gasteiger partial charge in [0.15, 0.2) is 0 Å². The summed E-state index contributed by atoms with van der Waals surface area (Å²) in [5.41, 5.74) is 11.6. The smallest absolute Gasteiger partial charge is 0.225 e. The predicted octanol–water partition coefficient (Wildman–Crippen LogP) is 1.25. The first-order valence-corrected chi connectivity index (χ1v) is 8.87. The summed E-state index contributed by atoms with van der Waals surface area (Å²) in [6.07, 6.45) is 7.98. The Bertz CT molecular complexity index is 426. The van der Waals surface area contributed by atoms with Crippen LogP contribution in [0, 0.1) is 23.7 Å². The molecular weight excluding hydrogens is 278 g/mol. The van der Waals surface area contributed by atoms with Crippen LogP contribution in [0.5, 0.6) is 0 Å². The van der Waals surface area contributed by atoms with E-state index in [0.29, 0.717) is 36.8 Å². The lowest BCUT2D eigenvalue weighted by Crippen LogP contribution is -2.51. The van der Waals surface area contributed by atoms with Crippen molar-refractivity contribution in [3.63, 3.8) is 0 Å². The second kappa shape index (κ2) is 6.57. The zero-order valence-corrected chi connectivity index (χ0v) is 13.4. The third-order valence-corrected chi connectivity index (χ3v) is 6.08. The van der Waals surface area contributed by atoms with E-state index in [1.165, 1.54) is 19.3 Å². The van der Waals surface area contributed by atoms with Crippen LogP contribution in [0.4, 0.5) is 0 Å². The van der Waals surface area contributed by atoms with E-state index in [-0.39, 0.29) is 17.7 Å². The van der Waals surface area contributed by atoms with Crippen LogP contribution in [-0.2, 0) is 9.59 Å². The molecule has 22 heavy (non-hydrogen) atoms. The third-order valence-electron chi connectivity index (χ3n) is 6.08. The molecule has 2 aliphatic carbocycles. The highest BCUT2D eigenvalue weighted by Gasteiger charge is 2.42. The van der Waals surface area contributed by atoms with Gasteiger partial charge in [0.25, 0.3) is 0 Å². The summed E-state index contributed by atoms with van der Waals surface area (Å²) < 4.78 is 0. The number of primary amides is 1. The van der Waals surface area contributed by atoms with Crippen molar-refractivity contribution in [2.45, 2.75) is 57.4 Å². The van der Waals surface area contributed by atoms with Gasteiger partial charge in [-0.05, 0) is 56.3 Å². The zero-order valence-electron chi connectivity index (χ0n) is 13.4. The van der Waals surface area contributed by atoms with Gasteiger partial charge in [0.1, 0.15) is 0 Å². The Morgan fingerprint density at radius 1 is 1.05 bits per heavy atom. The standard InChI is InChI=1S/C17H29N3O2/c18-15(21)7-11-3-2-6-20(10-11)17(22)14-8-12-4-1-5-13(9-14)16(12)19/h11-14,16H,1-10,19H2,(H2,18,21). The van der Waals surface area contributed by atoms with Crippen LogP contribution in [0.25, 0.3) is 0 Å². The average Bonchev–Trinajstić information content (AvgIpc) is 2.46. The maximum atomic E-state index is 12.9. The molecule has 0 aromatic heterocycles. The van der Waals surface area contributed by atoms with E-state index in [2.05, 4.69) is 0 Å². The molecule has 2 saturated carbocycles. The first-order chi connectivity index (χ1) is 10.5. The van der Waals surface area contributed by atoms with Crippen LogP contribution >= 0.6 is 0 Å². The Morgan fingerprint density at radius 3 is 2.36 bits per heavy atom. The number of nitrogens with two attached hydrogens (primary N) is 2. The van der Waals surface area contributed by atoms with Gasteiger partial charge in [-0.2, -0.15) is 0 Å². The van der Waals surface area contributed by atoms with Crippen molar-refractivity contribution >= 4 is 11.8 Å². The molecule has 5 nitrogen and oxygen atoms in total. The van der Waals surface area contributed by atoms with Gasteiger partial charge in [0.05, 0.1) is 0 Å². The zero-order chi connectivity index (χ0) is 15.7. The predicted molar refractivity (Wildman–Crippen MR) is 84.6 cm³/mol. The minimum atomic E-state index is -0.252. The van der Waals surface area contributed by atoms with Gasteiger partial charge < -0.3 is 16.4 Å². The summed E-state index contributed by atoms with van der Waals surface area (Å²) in [4.78, 5) is 26.0. The van der Waals surface area contributed by atoms with E-state index in [0.717, 1.165) is 32.2 Å². The van der Waals surface area contributed by atoms with Gasteiger partial charge in [0.2, 0.25) is 11.8 Å². The molecule has 2 bridgehead atoms. The largest absolute Gasteiger partial charge is 0.370 e. The summed E-state index contributed by atoms with van der Waals surface area (Å²) in [6.45, 7) is 1.55. The Labute approximate surface area is 132 Å². The highest BCUT2D eigenvalue weighted by molar-refractivity contribution is 5.79. The summed E-state index contributed by atoms with van der Waals surface area (Å²) in [6, 6.07) is 0.307. The number of piperidine rings is 1. The molecule has 0 aromatic carbocycles. The fourth-order valence-electron chi connectivity index (χ4n) is 4.97. The van der Waals surface area contributed by atoms with E-state index >= 15 is 0 Å². The van der Waals surface area contributed by atoms with Crippen molar-refractivity contribution in [3.05, 3.63) is 0 Å². The van der Waals surface area contributed by atoms with Gasteiger partial charge in [-0.15, -0.1) is 0 Å². The van der Waals surface area contributed by atoms with Crippen LogP contribution in [0.3, 0.4) is 0 Å². The number of rotatable bonds is 3. The number of likely N-dealkylation sites (tertiary alicyclic amines) is 1. The SMILES string of the molecule is NC(=O)CC1CCCN(C(=O)C2CC3CCCC(C2)C3N)C1. The maximum Gasteiger partial charge on any atom is 0.225 e. The number of amides is 2. The number of carbonyl (C=O) groups excluding carboxylic acids is 2. The van der Waals surface area contributed by atoms with Crippen molar-refractivity contribution in [2.75, 3.05) is 13.1 Å². The molecule has 3 fully saturated rings. The Morgan fingerprint density at radius 2 is 1.73 bits per heavy atom. The van der Waals surface area contributed by atoms with Crippen molar-refractivity contribution in [1.29, 1.82) is 0 Å². The van der Waals surface area contributed by atoms with Crippen molar-refractivity contribution in [2.24, 2.45) is 35.1 Å². The summed E-state index contributed by atoms with van der Waals surface area (Å²) >= 11 is 0. The molecule has 1 saturated heterocycles. The number of fused-ring (bicyclic) bond motifs is 2. The van der Waals surface area contributed by atoms with E-state index in [1.807, 2.05) is 4.90 Å². The van der Waals surface area contributed by atoms with Gasteiger partial charge in [-0.3, -0.25) is 9.59 Å². The minimum absolute atomic E-state index is 0.155. The summed E-state index contributed by atoms with van der Waals surface area (Å²) in [5.74, 6) is 1.53. The van der Waals surface area contributed by atoms with E-state index in [9.17, 15) is 9.59 Å². The number of carbonyl (C=O) groups is 2. The van der Waals surface area contributed by atoms with Gasteiger partial charge in [0, 0.05) is 31.5 Å². The second-order valence-corrected chi connectivity index (χ2v) is 7.66. The molecule has 3 aliphatic rings. The highest BCUT2D eigenvalue weighted by Crippen LogP contribution is 2.42. The third kappa shape index (κ3) is 3.29. The van der Waals surface area contributed by atoms with Crippen molar-refractivity contribution < 1.29 is 9.59 Å². The molecule has 3 rings (SSSR count). The minimum Gasteiger partial charge on any atom is -0.370 e. The first-order valence-electron chi connectivity index (χ1n) is 8.87. The molecule has 124 valence electrons. The maximum absolute atomic E-state index is 12.9. The number of hydrogen-bond acceptors (Lipinski definition) is 3. The average molecular weight is 307 g/mol. The molecule has 2 amide bonds. The van der Waals surface area contributed by atoms with Crippen molar-refractivity contribution in [3.8, 4) is 0 Å². The van der Waals surface area contributed by atoms with Crippen LogP contribution in [-0.4, -0.2) is 35.8 Å². The fourth-order valence-corrected chi connectivity index (χ4v) is 4.97. The molecular formula is C17H29N3O2. The normalized spacial score (nSPS) is 38.6. The van der Waals surface area contributed by atoms with Crippen LogP contribution in [0.1, 0.15) is 51.4 Å². The molecule has 1 heterocycles. The molecule has 3 atom stereocenters. The van der Waals surface area contributed by atoms with Crippen LogP contribution in [0.2, 0.25) is 0 Å². The molecule has 0 aromatic rings. The Balaban J connectivity index is 1.60. The lowest BCUT2D eigenvalue weighted by atomic mass is 9.65. The monoisotopic (exact) mass is 307 g/mol. The first kappa shape index (κ1) is 15.8. The molecule has 5 heteroatoms. The van der Waals surface area contributed by atoms with Crippen LogP contribution in [0.15, 0.2) is 0 Å². The second-order valence-electron chi connectivity index (χ2n) is 7.66. The lowest BCUT2D eigenvalue weighted by molar-refractivity contribution is -0.141. The van der Waals surface area contributed by atoms with Gasteiger partial charge >= 0.3 is 0 Å². The fraction of sp³-hybridized carbons (Fsp3) is 0.882. The molecule has 0 radical (unpaired) electrons. The van der Waals surface area contributed by atoms with E-state index < -0.39 is 0 Å². The van der Waals surface area contributed by atoms with E-state index in [1.54, 1.807) is 0 Å².